The van der Waals surface area contributed by atoms with Gasteiger partial charge < -0.3 is 15.7 Å². The van der Waals surface area contributed by atoms with Gasteiger partial charge in [-0.15, -0.1) is 0 Å². The molecular weight excluding hydrogens is 245 g/mol. The lowest BCUT2D eigenvalue weighted by atomic mass is 10.2. The van der Waals surface area contributed by atoms with E-state index in [-0.39, 0.29) is 24.3 Å². The van der Waals surface area contributed by atoms with Crippen LogP contribution in [0, 0.1) is 15.9 Å². The first kappa shape index (κ1) is 12.2. The standard InChI is InChI=1S/C10H10FN3O4/c11-6-2-9(7(12)3-8(6)14(17)18)13-4-5(15)1-10(13)16/h2-3,5,15H,1,4,12H2. The molecule has 1 aromatic rings. The number of amides is 1. The molecule has 96 valence electrons. The number of hydrogen-bond acceptors (Lipinski definition) is 5. The number of rotatable bonds is 2. The molecule has 1 amide bonds. The van der Waals surface area contributed by atoms with E-state index in [9.17, 15) is 24.4 Å². The molecule has 0 saturated carbocycles. The number of halogens is 1. The fraction of sp³-hybridized carbons (Fsp3) is 0.300. The second kappa shape index (κ2) is 4.22. The number of nitrogens with zero attached hydrogens (tertiary/aromatic N) is 2. The van der Waals surface area contributed by atoms with Crippen molar-refractivity contribution in [2.45, 2.75) is 12.5 Å². The van der Waals surface area contributed by atoms with Crippen molar-refractivity contribution in [1.29, 1.82) is 0 Å². The van der Waals surface area contributed by atoms with Crippen LogP contribution in [0.15, 0.2) is 12.1 Å². The van der Waals surface area contributed by atoms with Gasteiger partial charge in [-0.1, -0.05) is 0 Å². The van der Waals surface area contributed by atoms with Gasteiger partial charge in [0.25, 0.3) is 0 Å². The van der Waals surface area contributed by atoms with Crippen LogP contribution in [0.2, 0.25) is 0 Å². The van der Waals surface area contributed by atoms with Crippen molar-refractivity contribution in [3.8, 4) is 0 Å². The van der Waals surface area contributed by atoms with Crippen LogP contribution in [-0.2, 0) is 4.79 Å². The van der Waals surface area contributed by atoms with Crippen LogP contribution < -0.4 is 10.6 Å². The number of carbonyl (C=O) groups excluding carboxylic acids is 1. The Hall–Kier alpha value is -2.22. The minimum absolute atomic E-state index is 0.000282. The van der Waals surface area contributed by atoms with Crippen molar-refractivity contribution in [1.82, 2.24) is 0 Å². The zero-order valence-electron chi connectivity index (χ0n) is 9.17. The van der Waals surface area contributed by atoms with E-state index in [0.29, 0.717) is 0 Å². The molecule has 0 aromatic heterocycles. The van der Waals surface area contributed by atoms with Gasteiger partial charge in [0.2, 0.25) is 11.7 Å². The fourth-order valence-corrected chi connectivity index (χ4v) is 1.86. The number of aliphatic hydroxyl groups is 1. The van der Waals surface area contributed by atoms with E-state index in [1.807, 2.05) is 0 Å². The van der Waals surface area contributed by atoms with Gasteiger partial charge >= 0.3 is 5.69 Å². The Bertz CT molecular complexity index is 534. The summed E-state index contributed by atoms with van der Waals surface area (Å²) in [6.45, 7) is 0.000282. The summed E-state index contributed by atoms with van der Waals surface area (Å²) >= 11 is 0. The maximum atomic E-state index is 13.5. The lowest BCUT2D eigenvalue weighted by Crippen LogP contribution is -2.26. The number of nitro benzene ring substituents is 1. The van der Waals surface area contributed by atoms with E-state index in [1.54, 1.807) is 0 Å². The number of benzene rings is 1. The number of carbonyl (C=O) groups is 1. The number of hydrogen-bond donors (Lipinski definition) is 2. The Labute approximate surface area is 101 Å². The first-order valence-electron chi connectivity index (χ1n) is 5.12. The molecule has 1 fully saturated rings. The van der Waals surface area contributed by atoms with Gasteiger partial charge in [0.1, 0.15) is 0 Å². The van der Waals surface area contributed by atoms with Crippen LogP contribution in [-0.4, -0.2) is 28.6 Å². The summed E-state index contributed by atoms with van der Waals surface area (Å²) in [4.78, 5) is 22.3. The van der Waals surface area contributed by atoms with Crippen molar-refractivity contribution in [2.75, 3.05) is 17.2 Å². The van der Waals surface area contributed by atoms with Crippen molar-refractivity contribution >= 4 is 23.0 Å². The largest absolute Gasteiger partial charge is 0.397 e. The molecule has 18 heavy (non-hydrogen) atoms. The number of β-amino-alcohol motifs (C(OH)–C–C–N with tert-alkyl or cyclic N) is 1. The number of nitro groups is 1. The van der Waals surface area contributed by atoms with E-state index in [4.69, 9.17) is 5.73 Å². The van der Waals surface area contributed by atoms with Gasteiger partial charge in [0, 0.05) is 12.1 Å². The Kier molecular flexibility index (Phi) is 2.87. The molecule has 0 radical (unpaired) electrons. The minimum atomic E-state index is -1.07. The topological polar surface area (TPSA) is 110 Å². The van der Waals surface area contributed by atoms with E-state index in [2.05, 4.69) is 0 Å². The van der Waals surface area contributed by atoms with Crippen molar-refractivity contribution in [2.24, 2.45) is 0 Å². The van der Waals surface area contributed by atoms with Crippen LogP contribution in [0.4, 0.5) is 21.5 Å². The first-order chi connectivity index (χ1) is 8.40. The zero-order valence-corrected chi connectivity index (χ0v) is 9.17. The smallest absolute Gasteiger partial charge is 0.306 e. The molecule has 1 unspecified atom stereocenters. The van der Waals surface area contributed by atoms with Gasteiger partial charge in [0.15, 0.2) is 0 Å². The minimum Gasteiger partial charge on any atom is -0.397 e. The Balaban J connectivity index is 2.44. The molecule has 2 rings (SSSR count). The fourth-order valence-electron chi connectivity index (χ4n) is 1.86. The summed E-state index contributed by atoms with van der Waals surface area (Å²) in [6, 6.07) is 1.70. The van der Waals surface area contributed by atoms with Gasteiger partial charge in [-0.25, -0.2) is 0 Å². The monoisotopic (exact) mass is 255 g/mol. The number of aliphatic hydroxyl groups excluding tert-OH is 1. The predicted octanol–water partition coefficient (Wildman–Crippen LogP) is 0.414. The summed E-state index contributed by atoms with van der Waals surface area (Å²) in [6.07, 6.45) is -0.909. The molecule has 0 aliphatic carbocycles. The lowest BCUT2D eigenvalue weighted by molar-refractivity contribution is -0.387. The highest BCUT2D eigenvalue weighted by Gasteiger charge is 2.31. The molecule has 1 atom stereocenters. The lowest BCUT2D eigenvalue weighted by Gasteiger charge is -2.17. The zero-order chi connectivity index (χ0) is 13.4. The average Bonchev–Trinajstić information content (AvgIpc) is 2.60. The molecule has 8 heteroatoms. The maximum absolute atomic E-state index is 13.5. The summed E-state index contributed by atoms with van der Waals surface area (Å²) in [5.41, 5.74) is 4.79. The van der Waals surface area contributed by atoms with Crippen molar-refractivity contribution in [3.05, 3.63) is 28.1 Å². The average molecular weight is 255 g/mol. The van der Waals surface area contributed by atoms with E-state index in [0.717, 1.165) is 17.0 Å². The van der Waals surface area contributed by atoms with Crippen LogP contribution in [0.3, 0.4) is 0 Å². The molecule has 0 bridgehead atoms. The van der Waals surface area contributed by atoms with Crippen LogP contribution in [0.5, 0.6) is 0 Å². The maximum Gasteiger partial charge on any atom is 0.306 e. The highest BCUT2D eigenvalue weighted by Crippen LogP contribution is 2.32. The second-order valence-electron chi connectivity index (χ2n) is 3.98. The van der Waals surface area contributed by atoms with Crippen molar-refractivity contribution in [3.63, 3.8) is 0 Å². The van der Waals surface area contributed by atoms with E-state index in [1.165, 1.54) is 0 Å². The first-order valence-corrected chi connectivity index (χ1v) is 5.12. The molecule has 0 spiro atoms. The number of nitrogens with two attached hydrogens (primary N) is 1. The summed E-state index contributed by atoms with van der Waals surface area (Å²) in [5, 5.41) is 19.8. The second-order valence-corrected chi connectivity index (χ2v) is 3.98. The van der Waals surface area contributed by atoms with Crippen LogP contribution in [0.25, 0.3) is 0 Å². The molecule has 1 heterocycles. The third-order valence-electron chi connectivity index (χ3n) is 2.69. The highest BCUT2D eigenvalue weighted by atomic mass is 19.1. The summed E-state index contributed by atoms with van der Waals surface area (Å²) in [7, 11) is 0. The predicted molar refractivity (Wildman–Crippen MR) is 60.4 cm³/mol. The van der Waals surface area contributed by atoms with Crippen molar-refractivity contribution < 1.29 is 19.2 Å². The van der Waals surface area contributed by atoms with Gasteiger partial charge in [0.05, 0.1) is 35.4 Å². The Morgan fingerprint density at radius 2 is 2.22 bits per heavy atom. The Morgan fingerprint density at radius 3 is 2.72 bits per heavy atom. The third kappa shape index (κ3) is 1.97. The number of nitrogen functional groups attached to an aromatic ring is 1. The van der Waals surface area contributed by atoms with E-state index < -0.39 is 28.4 Å². The third-order valence-corrected chi connectivity index (χ3v) is 2.69. The van der Waals surface area contributed by atoms with Crippen LogP contribution in [0.1, 0.15) is 6.42 Å². The highest BCUT2D eigenvalue weighted by molar-refractivity contribution is 5.99. The van der Waals surface area contributed by atoms with Crippen LogP contribution >= 0.6 is 0 Å². The van der Waals surface area contributed by atoms with E-state index >= 15 is 0 Å². The molecular formula is C10H10FN3O4. The SMILES string of the molecule is Nc1cc([N+](=O)[O-])c(F)cc1N1CC(O)CC1=O. The Morgan fingerprint density at radius 1 is 1.56 bits per heavy atom. The summed E-state index contributed by atoms with van der Waals surface area (Å²) < 4.78 is 13.5. The molecule has 3 N–H and O–H groups in total. The number of anilines is 2. The molecule has 7 nitrogen and oxygen atoms in total. The molecule has 1 aliphatic heterocycles. The summed E-state index contributed by atoms with van der Waals surface area (Å²) in [5.74, 6) is -1.47. The molecule has 1 aromatic carbocycles. The molecule has 1 aliphatic rings. The van der Waals surface area contributed by atoms with Gasteiger partial charge in [-0.3, -0.25) is 14.9 Å². The molecule has 1 saturated heterocycles. The normalized spacial score (nSPS) is 19.3. The van der Waals surface area contributed by atoms with Gasteiger partial charge in [-0.05, 0) is 0 Å². The quantitative estimate of drug-likeness (QED) is 0.452. The van der Waals surface area contributed by atoms with Gasteiger partial charge in [-0.2, -0.15) is 4.39 Å².